The van der Waals surface area contributed by atoms with Crippen LogP contribution in [-0.2, 0) is 9.53 Å². The van der Waals surface area contributed by atoms with Crippen molar-refractivity contribution in [3.63, 3.8) is 0 Å². The average Bonchev–Trinajstić information content (AvgIpc) is 2.69. The molecule has 0 saturated carbocycles. The van der Waals surface area contributed by atoms with E-state index >= 15 is 0 Å². The highest BCUT2D eigenvalue weighted by Crippen LogP contribution is 2.25. The van der Waals surface area contributed by atoms with Gasteiger partial charge in [-0.2, -0.15) is 0 Å². The highest BCUT2D eigenvalue weighted by Gasteiger charge is 2.22. The van der Waals surface area contributed by atoms with Crippen molar-refractivity contribution in [2.75, 3.05) is 31.6 Å². The molecule has 6 heteroatoms. The SMILES string of the molecule is C[C@@H](Sc1ccccc1)C(=O)Nc1ccccc1C(=O)N1CCOCC1. The largest absolute Gasteiger partial charge is 0.378 e. The summed E-state index contributed by atoms with van der Waals surface area (Å²) in [5, 5.41) is 2.64. The lowest BCUT2D eigenvalue weighted by Gasteiger charge is -2.27. The molecule has 2 aromatic rings. The second-order valence-electron chi connectivity index (χ2n) is 6.01. The van der Waals surface area contributed by atoms with E-state index in [1.165, 1.54) is 11.8 Å². The Bertz CT molecular complexity index is 761. The van der Waals surface area contributed by atoms with Gasteiger partial charge in [-0.3, -0.25) is 9.59 Å². The number of benzene rings is 2. The number of hydrogen-bond acceptors (Lipinski definition) is 4. The molecular formula is C20H22N2O3S. The van der Waals surface area contributed by atoms with E-state index < -0.39 is 0 Å². The van der Waals surface area contributed by atoms with Gasteiger partial charge in [0.25, 0.3) is 5.91 Å². The van der Waals surface area contributed by atoms with Crippen LogP contribution >= 0.6 is 11.8 Å². The Kier molecular flexibility index (Phi) is 6.30. The van der Waals surface area contributed by atoms with Crippen LogP contribution in [0.15, 0.2) is 59.5 Å². The number of morpholine rings is 1. The third-order valence-corrected chi connectivity index (χ3v) is 5.25. The molecule has 0 radical (unpaired) electrons. The normalized spacial score (nSPS) is 15.3. The van der Waals surface area contributed by atoms with Gasteiger partial charge in [0.2, 0.25) is 5.91 Å². The molecule has 0 unspecified atom stereocenters. The Balaban J connectivity index is 1.69. The van der Waals surface area contributed by atoms with Crippen LogP contribution in [0.2, 0.25) is 0 Å². The molecule has 1 saturated heterocycles. The summed E-state index contributed by atoms with van der Waals surface area (Å²) in [4.78, 5) is 28.2. The maximum atomic E-state index is 12.8. The van der Waals surface area contributed by atoms with Gasteiger partial charge in [-0.25, -0.2) is 0 Å². The molecule has 2 aromatic carbocycles. The topological polar surface area (TPSA) is 58.6 Å². The molecule has 0 aliphatic carbocycles. The van der Waals surface area contributed by atoms with Crippen molar-refractivity contribution in [2.24, 2.45) is 0 Å². The van der Waals surface area contributed by atoms with E-state index in [2.05, 4.69) is 5.32 Å². The predicted octanol–water partition coefficient (Wildman–Crippen LogP) is 3.28. The lowest BCUT2D eigenvalue weighted by molar-refractivity contribution is -0.115. The van der Waals surface area contributed by atoms with Crippen LogP contribution in [0.3, 0.4) is 0 Å². The minimum absolute atomic E-state index is 0.0763. The number of hydrogen-bond donors (Lipinski definition) is 1. The Labute approximate surface area is 157 Å². The molecule has 0 bridgehead atoms. The third-order valence-electron chi connectivity index (χ3n) is 4.14. The first kappa shape index (κ1) is 18.5. The monoisotopic (exact) mass is 370 g/mol. The molecule has 1 N–H and O–H groups in total. The lowest BCUT2D eigenvalue weighted by atomic mass is 10.1. The van der Waals surface area contributed by atoms with Crippen LogP contribution in [-0.4, -0.2) is 48.3 Å². The molecule has 0 spiro atoms. The van der Waals surface area contributed by atoms with Crippen LogP contribution in [0, 0.1) is 0 Å². The fourth-order valence-electron chi connectivity index (χ4n) is 2.71. The maximum Gasteiger partial charge on any atom is 0.256 e. The van der Waals surface area contributed by atoms with Gasteiger partial charge < -0.3 is 15.0 Å². The molecule has 0 aromatic heterocycles. The first-order valence-corrected chi connectivity index (χ1v) is 9.52. The van der Waals surface area contributed by atoms with Gasteiger partial charge in [0, 0.05) is 18.0 Å². The van der Waals surface area contributed by atoms with E-state index in [0.717, 1.165) is 4.90 Å². The first-order valence-electron chi connectivity index (χ1n) is 8.64. The van der Waals surface area contributed by atoms with Crippen molar-refractivity contribution in [3.8, 4) is 0 Å². The second-order valence-corrected chi connectivity index (χ2v) is 7.43. The summed E-state index contributed by atoms with van der Waals surface area (Å²) in [7, 11) is 0. The Morgan fingerprint density at radius 3 is 2.42 bits per heavy atom. The molecule has 1 heterocycles. The van der Waals surface area contributed by atoms with Gasteiger partial charge in [0.05, 0.1) is 29.7 Å². The van der Waals surface area contributed by atoms with Crippen molar-refractivity contribution >= 4 is 29.3 Å². The van der Waals surface area contributed by atoms with Crippen LogP contribution < -0.4 is 5.32 Å². The summed E-state index contributed by atoms with van der Waals surface area (Å²) in [5.74, 6) is -0.200. The molecule has 2 amide bonds. The minimum Gasteiger partial charge on any atom is -0.378 e. The summed E-state index contributed by atoms with van der Waals surface area (Å²) >= 11 is 1.49. The Hall–Kier alpha value is -2.31. The number of anilines is 1. The summed E-state index contributed by atoms with van der Waals surface area (Å²) < 4.78 is 5.30. The summed E-state index contributed by atoms with van der Waals surface area (Å²) in [6.07, 6.45) is 0. The Morgan fingerprint density at radius 2 is 1.69 bits per heavy atom. The average molecular weight is 370 g/mol. The highest BCUT2D eigenvalue weighted by molar-refractivity contribution is 8.00. The lowest BCUT2D eigenvalue weighted by Crippen LogP contribution is -2.41. The van der Waals surface area contributed by atoms with Crippen LogP contribution in [0.4, 0.5) is 5.69 Å². The van der Waals surface area contributed by atoms with E-state index in [-0.39, 0.29) is 17.1 Å². The van der Waals surface area contributed by atoms with Crippen molar-refractivity contribution in [3.05, 3.63) is 60.2 Å². The standard InChI is InChI=1S/C20H22N2O3S/c1-15(26-16-7-3-2-4-8-16)19(23)21-18-10-6-5-9-17(18)20(24)22-11-13-25-14-12-22/h2-10,15H,11-14H2,1H3,(H,21,23)/t15-/m1/s1. The zero-order chi connectivity index (χ0) is 18.4. The second kappa shape index (κ2) is 8.87. The van der Waals surface area contributed by atoms with Gasteiger partial charge in [-0.15, -0.1) is 11.8 Å². The fourth-order valence-corrected chi connectivity index (χ4v) is 3.59. The van der Waals surface area contributed by atoms with Crippen LogP contribution in [0.25, 0.3) is 0 Å². The number of thioether (sulfide) groups is 1. The quantitative estimate of drug-likeness (QED) is 0.821. The fraction of sp³-hybridized carbons (Fsp3) is 0.300. The van der Waals surface area contributed by atoms with E-state index in [9.17, 15) is 9.59 Å². The zero-order valence-electron chi connectivity index (χ0n) is 14.7. The van der Waals surface area contributed by atoms with Gasteiger partial charge in [0.1, 0.15) is 0 Å². The molecule has 1 aliphatic rings. The van der Waals surface area contributed by atoms with Crippen molar-refractivity contribution in [2.45, 2.75) is 17.1 Å². The van der Waals surface area contributed by atoms with E-state index in [0.29, 0.717) is 37.6 Å². The molecular weight excluding hydrogens is 348 g/mol. The van der Waals surface area contributed by atoms with Crippen molar-refractivity contribution in [1.29, 1.82) is 0 Å². The summed E-state index contributed by atoms with van der Waals surface area (Å²) in [5.41, 5.74) is 1.06. The number of ether oxygens (including phenoxy) is 1. The molecule has 1 atom stereocenters. The molecule has 3 rings (SSSR count). The smallest absolute Gasteiger partial charge is 0.256 e. The maximum absolute atomic E-state index is 12.8. The molecule has 1 fully saturated rings. The van der Waals surface area contributed by atoms with Gasteiger partial charge in [-0.05, 0) is 31.2 Å². The minimum atomic E-state index is -0.274. The van der Waals surface area contributed by atoms with E-state index in [4.69, 9.17) is 4.74 Å². The number of amides is 2. The predicted molar refractivity (Wildman–Crippen MR) is 104 cm³/mol. The zero-order valence-corrected chi connectivity index (χ0v) is 15.5. The van der Waals surface area contributed by atoms with Gasteiger partial charge >= 0.3 is 0 Å². The molecule has 1 aliphatic heterocycles. The van der Waals surface area contributed by atoms with Gasteiger partial charge in [0.15, 0.2) is 0 Å². The number of para-hydroxylation sites is 1. The third kappa shape index (κ3) is 4.65. The van der Waals surface area contributed by atoms with Crippen molar-refractivity contribution < 1.29 is 14.3 Å². The summed E-state index contributed by atoms with van der Waals surface area (Å²) in [6.45, 7) is 4.10. The highest BCUT2D eigenvalue weighted by atomic mass is 32.2. The molecule has 26 heavy (non-hydrogen) atoms. The number of nitrogens with zero attached hydrogens (tertiary/aromatic N) is 1. The molecule has 136 valence electrons. The number of nitrogens with one attached hydrogen (secondary N) is 1. The Morgan fingerprint density at radius 1 is 1.04 bits per heavy atom. The van der Waals surface area contributed by atoms with Crippen molar-refractivity contribution in [1.82, 2.24) is 4.90 Å². The van der Waals surface area contributed by atoms with Crippen LogP contribution in [0.5, 0.6) is 0 Å². The van der Waals surface area contributed by atoms with E-state index in [1.54, 1.807) is 17.0 Å². The number of rotatable bonds is 5. The summed E-state index contributed by atoms with van der Waals surface area (Å²) in [6, 6.07) is 16.9. The molecule has 5 nitrogen and oxygen atoms in total. The first-order chi connectivity index (χ1) is 12.6. The van der Waals surface area contributed by atoms with Gasteiger partial charge in [-0.1, -0.05) is 30.3 Å². The van der Waals surface area contributed by atoms with E-state index in [1.807, 2.05) is 49.4 Å². The number of carbonyl (C=O) groups is 2. The number of carbonyl (C=O) groups excluding carboxylic acids is 2. The van der Waals surface area contributed by atoms with Crippen LogP contribution in [0.1, 0.15) is 17.3 Å².